The van der Waals surface area contributed by atoms with E-state index in [1.165, 1.54) is 0 Å². The SMILES string of the molecule is CN(C)c1ccc(C(=O)N2CCN(Cc3nc4ccccc4n3C)CC2)cc1. The Labute approximate surface area is 166 Å². The number of aromatic nitrogens is 2. The van der Waals surface area contributed by atoms with Gasteiger partial charge in [0.1, 0.15) is 5.82 Å². The van der Waals surface area contributed by atoms with E-state index in [1.54, 1.807) is 0 Å². The summed E-state index contributed by atoms with van der Waals surface area (Å²) in [6.45, 7) is 4.04. The van der Waals surface area contributed by atoms with Gasteiger partial charge in [-0.3, -0.25) is 9.69 Å². The van der Waals surface area contributed by atoms with Crippen molar-refractivity contribution in [3.05, 3.63) is 59.9 Å². The first kappa shape index (κ1) is 18.5. The number of benzene rings is 2. The summed E-state index contributed by atoms with van der Waals surface area (Å²) in [5, 5.41) is 0. The highest BCUT2D eigenvalue weighted by molar-refractivity contribution is 5.94. The van der Waals surface area contributed by atoms with E-state index in [4.69, 9.17) is 4.98 Å². The molecule has 2 aromatic carbocycles. The fourth-order valence-electron chi connectivity index (χ4n) is 3.73. The van der Waals surface area contributed by atoms with E-state index in [0.717, 1.165) is 60.8 Å². The van der Waals surface area contributed by atoms with Gasteiger partial charge >= 0.3 is 0 Å². The number of carbonyl (C=O) groups is 1. The number of amides is 1. The molecule has 6 heteroatoms. The first-order valence-corrected chi connectivity index (χ1v) is 9.72. The largest absolute Gasteiger partial charge is 0.378 e. The maximum Gasteiger partial charge on any atom is 0.253 e. The average molecular weight is 377 g/mol. The number of imidazole rings is 1. The molecular formula is C22H27N5O. The summed E-state index contributed by atoms with van der Waals surface area (Å²) in [5.74, 6) is 1.19. The maximum atomic E-state index is 12.8. The van der Waals surface area contributed by atoms with E-state index in [0.29, 0.717) is 0 Å². The van der Waals surface area contributed by atoms with Gasteiger partial charge in [0.05, 0.1) is 17.6 Å². The fourth-order valence-corrected chi connectivity index (χ4v) is 3.73. The highest BCUT2D eigenvalue weighted by atomic mass is 16.2. The van der Waals surface area contributed by atoms with E-state index in [1.807, 2.05) is 60.3 Å². The van der Waals surface area contributed by atoms with Crippen molar-refractivity contribution in [2.45, 2.75) is 6.54 Å². The van der Waals surface area contributed by atoms with Gasteiger partial charge in [0.25, 0.3) is 5.91 Å². The molecule has 146 valence electrons. The highest BCUT2D eigenvalue weighted by Gasteiger charge is 2.23. The van der Waals surface area contributed by atoms with E-state index in [-0.39, 0.29) is 5.91 Å². The van der Waals surface area contributed by atoms with Crippen LogP contribution in [-0.2, 0) is 13.6 Å². The predicted octanol–water partition coefficient (Wildman–Crippen LogP) is 2.60. The van der Waals surface area contributed by atoms with Crippen LogP contribution in [0, 0.1) is 0 Å². The molecule has 0 unspecified atom stereocenters. The molecule has 0 N–H and O–H groups in total. The number of piperazine rings is 1. The Balaban J connectivity index is 1.37. The van der Waals surface area contributed by atoms with Crippen molar-refractivity contribution >= 4 is 22.6 Å². The van der Waals surface area contributed by atoms with Crippen LogP contribution in [0.15, 0.2) is 48.5 Å². The van der Waals surface area contributed by atoms with Crippen LogP contribution in [0.25, 0.3) is 11.0 Å². The summed E-state index contributed by atoms with van der Waals surface area (Å²) in [5.41, 5.74) is 4.06. The van der Waals surface area contributed by atoms with Gasteiger partial charge in [-0.15, -0.1) is 0 Å². The van der Waals surface area contributed by atoms with Gasteiger partial charge in [0.2, 0.25) is 0 Å². The highest BCUT2D eigenvalue weighted by Crippen LogP contribution is 2.18. The van der Waals surface area contributed by atoms with Crippen molar-refractivity contribution < 1.29 is 4.79 Å². The smallest absolute Gasteiger partial charge is 0.253 e. The molecule has 1 fully saturated rings. The Kier molecular flexibility index (Phi) is 5.05. The molecule has 3 aromatic rings. The molecule has 4 rings (SSSR count). The molecule has 0 radical (unpaired) electrons. The van der Waals surface area contributed by atoms with Crippen molar-refractivity contribution in [2.24, 2.45) is 7.05 Å². The number of nitrogens with zero attached hydrogens (tertiary/aromatic N) is 5. The molecule has 6 nitrogen and oxygen atoms in total. The van der Waals surface area contributed by atoms with Gasteiger partial charge in [-0.2, -0.15) is 0 Å². The van der Waals surface area contributed by atoms with Crippen LogP contribution in [0.2, 0.25) is 0 Å². The van der Waals surface area contributed by atoms with Gasteiger partial charge in [-0.25, -0.2) is 4.98 Å². The van der Waals surface area contributed by atoms with Crippen molar-refractivity contribution in [3.8, 4) is 0 Å². The van der Waals surface area contributed by atoms with Crippen LogP contribution in [-0.4, -0.2) is 65.5 Å². The Bertz CT molecular complexity index is 968. The molecule has 1 saturated heterocycles. The lowest BCUT2D eigenvalue weighted by molar-refractivity contribution is 0.0624. The van der Waals surface area contributed by atoms with E-state index >= 15 is 0 Å². The minimum Gasteiger partial charge on any atom is -0.378 e. The minimum absolute atomic E-state index is 0.118. The standard InChI is InChI=1S/C22H27N5O/c1-24(2)18-10-8-17(9-11-18)22(28)27-14-12-26(13-15-27)16-21-23-19-6-4-5-7-20(19)25(21)3/h4-11H,12-16H2,1-3H3. The molecule has 1 aliphatic heterocycles. The first-order chi connectivity index (χ1) is 13.5. The second kappa shape index (κ2) is 7.64. The average Bonchev–Trinajstić information content (AvgIpc) is 3.04. The number of fused-ring (bicyclic) bond motifs is 1. The quantitative estimate of drug-likeness (QED) is 0.701. The number of para-hydroxylation sites is 2. The molecular weight excluding hydrogens is 350 g/mol. The van der Waals surface area contributed by atoms with Gasteiger partial charge in [-0.05, 0) is 36.4 Å². The van der Waals surface area contributed by atoms with Gasteiger partial charge in [0, 0.05) is 58.6 Å². The van der Waals surface area contributed by atoms with Crippen LogP contribution in [0.5, 0.6) is 0 Å². The van der Waals surface area contributed by atoms with Crippen molar-refractivity contribution in [1.82, 2.24) is 19.4 Å². The lowest BCUT2D eigenvalue weighted by atomic mass is 10.1. The van der Waals surface area contributed by atoms with Crippen LogP contribution >= 0.6 is 0 Å². The third-order valence-electron chi connectivity index (χ3n) is 5.53. The number of carbonyl (C=O) groups excluding carboxylic acids is 1. The fraction of sp³-hybridized carbons (Fsp3) is 0.364. The van der Waals surface area contributed by atoms with Crippen LogP contribution in [0.4, 0.5) is 5.69 Å². The van der Waals surface area contributed by atoms with Crippen molar-refractivity contribution in [3.63, 3.8) is 0 Å². The van der Waals surface area contributed by atoms with Crippen LogP contribution < -0.4 is 4.90 Å². The zero-order chi connectivity index (χ0) is 19.7. The number of anilines is 1. The lowest BCUT2D eigenvalue weighted by Gasteiger charge is -2.34. The summed E-state index contributed by atoms with van der Waals surface area (Å²) in [6, 6.07) is 16.1. The Morgan fingerprint density at radius 2 is 1.68 bits per heavy atom. The number of hydrogen-bond donors (Lipinski definition) is 0. The number of hydrogen-bond acceptors (Lipinski definition) is 4. The Hall–Kier alpha value is -2.86. The third-order valence-corrected chi connectivity index (χ3v) is 5.53. The molecule has 1 aliphatic rings. The molecule has 0 bridgehead atoms. The zero-order valence-corrected chi connectivity index (χ0v) is 16.8. The predicted molar refractivity (Wildman–Crippen MR) is 113 cm³/mol. The Morgan fingerprint density at radius 3 is 2.32 bits per heavy atom. The van der Waals surface area contributed by atoms with E-state index in [2.05, 4.69) is 28.6 Å². The van der Waals surface area contributed by atoms with Gasteiger partial charge in [-0.1, -0.05) is 12.1 Å². The van der Waals surface area contributed by atoms with Crippen molar-refractivity contribution in [2.75, 3.05) is 45.2 Å². The maximum absolute atomic E-state index is 12.8. The molecule has 28 heavy (non-hydrogen) atoms. The second-order valence-electron chi connectivity index (χ2n) is 7.59. The summed E-state index contributed by atoms with van der Waals surface area (Å²) >= 11 is 0. The number of rotatable bonds is 4. The summed E-state index contributed by atoms with van der Waals surface area (Å²) in [7, 11) is 6.07. The first-order valence-electron chi connectivity index (χ1n) is 9.72. The van der Waals surface area contributed by atoms with Gasteiger partial charge < -0.3 is 14.4 Å². The zero-order valence-electron chi connectivity index (χ0n) is 16.8. The van der Waals surface area contributed by atoms with E-state index in [9.17, 15) is 4.79 Å². The third kappa shape index (κ3) is 3.60. The van der Waals surface area contributed by atoms with E-state index < -0.39 is 0 Å². The summed E-state index contributed by atoms with van der Waals surface area (Å²) < 4.78 is 2.17. The molecule has 2 heterocycles. The van der Waals surface area contributed by atoms with Gasteiger partial charge in [0.15, 0.2) is 0 Å². The molecule has 1 amide bonds. The van der Waals surface area contributed by atoms with Crippen molar-refractivity contribution in [1.29, 1.82) is 0 Å². The molecule has 0 spiro atoms. The summed E-state index contributed by atoms with van der Waals surface area (Å²) in [6.07, 6.45) is 0. The summed E-state index contributed by atoms with van der Waals surface area (Å²) in [4.78, 5) is 23.9. The van der Waals surface area contributed by atoms with Crippen LogP contribution in [0.3, 0.4) is 0 Å². The monoisotopic (exact) mass is 377 g/mol. The lowest BCUT2D eigenvalue weighted by Crippen LogP contribution is -2.48. The normalized spacial score (nSPS) is 15.2. The second-order valence-corrected chi connectivity index (χ2v) is 7.59. The Morgan fingerprint density at radius 1 is 1.00 bits per heavy atom. The molecule has 0 atom stereocenters. The molecule has 1 aromatic heterocycles. The van der Waals surface area contributed by atoms with Crippen LogP contribution in [0.1, 0.15) is 16.2 Å². The molecule has 0 saturated carbocycles. The number of aryl methyl sites for hydroxylation is 1. The minimum atomic E-state index is 0.118. The molecule has 0 aliphatic carbocycles. The topological polar surface area (TPSA) is 44.6 Å².